The Morgan fingerprint density at radius 3 is 2.38 bits per heavy atom. The third-order valence-corrected chi connectivity index (χ3v) is 0.861. The molecule has 0 aliphatic heterocycles. The van der Waals surface area contributed by atoms with Crippen molar-refractivity contribution in [1.82, 2.24) is 0 Å². The molecule has 0 bridgehead atoms. The van der Waals surface area contributed by atoms with E-state index in [1.165, 1.54) is 0 Å². The van der Waals surface area contributed by atoms with Gasteiger partial charge in [0.1, 0.15) is 0 Å². The molecule has 0 aromatic rings. The Bertz CT molecular complexity index is 80.6. The lowest BCUT2D eigenvalue weighted by Gasteiger charge is -1.94. The molecule has 0 saturated carbocycles. The summed E-state index contributed by atoms with van der Waals surface area (Å²) in [6.07, 6.45) is -0.518. The van der Waals surface area contributed by atoms with Gasteiger partial charge in [-0.15, -0.1) is 11.6 Å². The second-order valence-corrected chi connectivity index (χ2v) is 1.48. The van der Waals surface area contributed by atoms with E-state index in [1.807, 2.05) is 0 Å². The Labute approximate surface area is 52.8 Å². The van der Waals surface area contributed by atoms with Crippen LogP contribution in [0.4, 0.5) is 0 Å². The van der Waals surface area contributed by atoms with Crippen molar-refractivity contribution >= 4 is 11.6 Å². The molecule has 3 nitrogen and oxygen atoms in total. The van der Waals surface area contributed by atoms with E-state index in [0.717, 1.165) is 0 Å². The second-order valence-electron chi connectivity index (χ2n) is 1.17. The summed E-state index contributed by atoms with van der Waals surface area (Å²) in [5, 5.41) is 16.4. The van der Waals surface area contributed by atoms with Crippen molar-refractivity contribution in [3.05, 3.63) is 0 Å². The largest absolute Gasteiger partial charge is 0.412 e. The molecule has 48 valence electrons. The lowest BCUT2D eigenvalue weighted by Crippen LogP contribution is -2.05. The zero-order chi connectivity index (χ0) is 5.70. The minimum absolute atomic E-state index is 0. The van der Waals surface area contributed by atoms with E-state index in [9.17, 15) is 0 Å². The summed E-state index contributed by atoms with van der Waals surface area (Å²) in [6.45, 7) is 0. The highest BCUT2D eigenvalue weighted by Crippen LogP contribution is 1.90. The number of hydrogen-bond donors (Lipinski definition) is 1. The number of halogens is 1. The summed E-state index contributed by atoms with van der Waals surface area (Å²) >= 11 is 5.13. The molecule has 1 atom stereocenters. The van der Waals surface area contributed by atoms with Gasteiger partial charge in [-0.05, 0) is 0 Å². The van der Waals surface area contributed by atoms with Crippen molar-refractivity contribution in [3.8, 4) is 6.07 Å². The van der Waals surface area contributed by atoms with Gasteiger partial charge in [0.2, 0.25) is 0 Å². The minimum Gasteiger partial charge on any atom is -0.412 e. The number of hydrogen-bond acceptors (Lipinski definition) is 2. The quantitative estimate of drug-likeness (QED) is 0.530. The van der Waals surface area contributed by atoms with Gasteiger partial charge in [0.05, 0.1) is 18.6 Å². The Hall–Kier alpha value is -0.300. The number of nitriles is 1. The van der Waals surface area contributed by atoms with Crippen LogP contribution >= 0.6 is 11.6 Å². The van der Waals surface area contributed by atoms with Crippen LogP contribution in [-0.4, -0.2) is 22.6 Å². The van der Waals surface area contributed by atoms with Gasteiger partial charge in [-0.3, -0.25) is 0 Å². The molecule has 3 N–H and O–H groups in total. The first-order valence-corrected chi connectivity index (χ1v) is 2.45. The van der Waals surface area contributed by atoms with Crippen molar-refractivity contribution in [2.24, 2.45) is 0 Å². The summed E-state index contributed by atoms with van der Waals surface area (Å²) in [4.78, 5) is 0. The molecule has 0 aromatic heterocycles. The molecular formula is C4H8ClNO2. The molecule has 0 fully saturated rings. The number of aliphatic hydroxyl groups excluding tert-OH is 1. The molecule has 0 spiro atoms. The fraction of sp³-hybridized carbons (Fsp3) is 0.750. The third kappa shape index (κ3) is 5.70. The van der Waals surface area contributed by atoms with E-state index < -0.39 is 6.10 Å². The Morgan fingerprint density at radius 2 is 2.25 bits per heavy atom. The van der Waals surface area contributed by atoms with Crippen LogP contribution in [0.3, 0.4) is 0 Å². The lowest BCUT2D eigenvalue weighted by atomic mass is 10.3. The van der Waals surface area contributed by atoms with Crippen molar-refractivity contribution in [2.45, 2.75) is 12.5 Å². The SMILES string of the molecule is N#CCC(O)CCl.O. The van der Waals surface area contributed by atoms with E-state index in [1.54, 1.807) is 6.07 Å². The predicted octanol–water partition coefficient (Wildman–Crippen LogP) is -0.325. The molecular weight excluding hydrogens is 130 g/mol. The maximum absolute atomic E-state index is 8.50. The van der Waals surface area contributed by atoms with Crippen molar-refractivity contribution in [2.75, 3.05) is 5.88 Å². The molecule has 0 saturated heterocycles. The highest BCUT2D eigenvalue weighted by Gasteiger charge is 1.96. The van der Waals surface area contributed by atoms with Crippen LogP contribution in [0.25, 0.3) is 0 Å². The van der Waals surface area contributed by atoms with Gasteiger partial charge in [-0.1, -0.05) is 0 Å². The Morgan fingerprint density at radius 1 is 1.75 bits per heavy atom. The highest BCUT2D eigenvalue weighted by molar-refractivity contribution is 6.18. The van der Waals surface area contributed by atoms with Crippen LogP contribution in [0, 0.1) is 11.3 Å². The molecule has 1 unspecified atom stereocenters. The average molecular weight is 138 g/mol. The molecule has 0 aliphatic carbocycles. The molecule has 0 amide bonds. The van der Waals surface area contributed by atoms with Crippen LogP contribution in [0.1, 0.15) is 6.42 Å². The number of nitrogens with zero attached hydrogens (tertiary/aromatic N) is 1. The maximum Gasteiger partial charge on any atom is 0.0805 e. The molecule has 0 heterocycles. The van der Waals surface area contributed by atoms with E-state index in [-0.39, 0.29) is 17.8 Å². The summed E-state index contributed by atoms with van der Waals surface area (Å²) in [6, 6.07) is 1.78. The first-order chi connectivity index (χ1) is 3.31. The molecule has 0 aliphatic rings. The average Bonchev–Trinajstić information content (AvgIpc) is 1.68. The summed E-state index contributed by atoms with van der Waals surface area (Å²) in [5.41, 5.74) is 0. The summed E-state index contributed by atoms with van der Waals surface area (Å²) in [5.74, 6) is 0.146. The molecule has 4 heteroatoms. The zero-order valence-electron chi connectivity index (χ0n) is 4.26. The van der Waals surface area contributed by atoms with Gasteiger partial charge in [-0.25, -0.2) is 0 Å². The number of aliphatic hydroxyl groups is 1. The van der Waals surface area contributed by atoms with Crippen molar-refractivity contribution in [3.63, 3.8) is 0 Å². The lowest BCUT2D eigenvalue weighted by molar-refractivity contribution is 0.203. The summed E-state index contributed by atoms with van der Waals surface area (Å²) < 4.78 is 0. The van der Waals surface area contributed by atoms with E-state index in [2.05, 4.69) is 0 Å². The van der Waals surface area contributed by atoms with E-state index >= 15 is 0 Å². The molecule has 0 radical (unpaired) electrons. The van der Waals surface area contributed by atoms with Crippen molar-refractivity contribution < 1.29 is 10.6 Å². The normalized spacial score (nSPS) is 11.1. The minimum atomic E-state index is -0.647. The monoisotopic (exact) mass is 137 g/mol. The first kappa shape index (κ1) is 10.6. The fourth-order valence-electron chi connectivity index (χ4n) is 0.160. The molecule has 0 rings (SSSR count). The fourth-order valence-corrected chi connectivity index (χ4v) is 0.269. The Kier molecular flexibility index (Phi) is 8.91. The van der Waals surface area contributed by atoms with Crippen LogP contribution in [0.5, 0.6) is 0 Å². The molecule has 0 aromatic carbocycles. The van der Waals surface area contributed by atoms with Crippen LogP contribution in [0.2, 0.25) is 0 Å². The van der Waals surface area contributed by atoms with E-state index in [0.29, 0.717) is 0 Å². The van der Waals surface area contributed by atoms with Gasteiger partial charge in [0.15, 0.2) is 0 Å². The van der Waals surface area contributed by atoms with Gasteiger partial charge in [0, 0.05) is 5.88 Å². The van der Waals surface area contributed by atoms with Gasteiger partial charge in [0.25, 0.3) is 0 Å². The number of alkyl halides is 1. The first-order valence-electron chi connectivity index (χ1n) is 1.92. The second kappa shape index (κ2) is 6.70. The molecule has 8 heavy (non-hydrogen) atoms. The van der Waals surface area contributed by atoms with Gasteiger partial charge in [-0.2, -0.15) is 5.26 Å². The van der Waals surface area contributed by atoms with Crippen LogP contribution in [-0.2, 0) is 0 Å². The zero-order valence-corrected chi connectivity index (χ0v) is 5.02. The topological polar surface area (TPSA) is 75.5 Å². The van der Waals surface area contributed by atoms with Crippen LogP contribution in [0.15, 0.2) is 0 Å². The predicted molar refractivity (Wildman–Crippen MR) is 30.6 cm³/mol. The summed E-state index contributed by atoms with van der Waals surface area (Å²) in [7, 11) is 0. The number of rotatable bonds is 2. The Balaban J connectivity index is 0. The maximum atomic E-state index is 8.50. The van der Waals surface area contributed by atoms with E-state index in [4.69, 9.17) is 22.0 Å². The van der Waals surface area contributed by atoms with Crippen LogP contribution < -0.4 is 0 Å². The highest BCUT2D eigenvalue weighted by atomic mass is 35.5. The van der Waals surface area contributed by atoms with Crippen molar-refractivity contribution in [1.29, 1.82) is 5.26 Å². The van der Waals surface area contributed by atoms with Gasteiger partial charge < -0.3 is 10.6 Å². The van der Waals surface area contributed by atoms with Gasteiger partial charge >= 0.3 is 0 Å². The standard InChI is InChI=1S/C4H6ClNO.H2O/c5-3-4(7)1-2-6;/h4,7H,1,3H2;1H2. The smallest absolute Gasteiger partial charge is 0.0805 e. The third-order valence-electron chi connectivity index (χ3n) is 0.505.